The fourth-order valence-electron chi connectivity index (χ4n) is 4.47. The average Bonchev–Trinajstić information content (AvgIpc) is 3.04. The average molecular weight is 399 g/mol. The van der Waals surface area contributed by atoms with Gasteiger partial charge in [0.2, 0.25) is 11.8 Å². The summed E-state index contributed by atoms with van der Waals surface area (Å²) < 4.78 is 0. The van der Waals surface area contributed by atoms with E-state index in [1.54, 1.807) is 11.0 Å². The van der Waals surface area contributed by atoms with E-state index in [2.05, 4.69) is 17.4 Å². The number of nitrogens with one attached hydrogen (secondary N) is 1. The Morgan fingerprint density at radius 3 is 2.47 bits per heavy atom. The number of nitrogens with two attached hydrogens (primary N) is 1. The molecule has 3 aromatic rings. The van der Waals surface area contributed by atoms with E-state index in [1.807, 2.05) is 36.4 Å². The Kier molecular flexibility index (Phi) is 4.37. The molecule has 1 atom stereocenters. The quantitative estimate of drug-likeness (QED) is 0.660. The van der Waals surface area contributed by atoms with Crippen LogP contribution in [0.2, 0.25) is 0 Å². The van der Waals surface area contributed by atoms with E-state index in [9.17, 15) is 14.4 Å². The second kappa shape index (κ2) is 7.07. The van der Waals surface area contributed by atoms with E-state index >= 15 is 0 Å². The molecule has 0 unspecified atom stereocenters. The molecule has 1 saturated heterocycles. The molecule has 2 aliphatic heterocycles. The molecule has 1 fully saturated rings. The fourth-order valence-corrected chi connectivity index (χ4v) is 4.47. The summed E-state index contributed by atoms with van der Waals surface area (Å²) in [5.41, 5.74) is 10.4. The minimum Gasteiger partial charge on any atom is -0.326 e. The van der Waals surface area contributed by atoms with Crippen LogP contribution in [-0.4, -0.2) is 23.8 Å². The van der Waals surface area contributed by atoms with Gasteiger partial charge in [0.05, 0.1) is 5.69 Å². The highest BCUT2D eigenvalue weighted by atomic mass is 16.2. The third-order valence-electron chi connectivity index (χ3n) is 5.99. The highest BCUT2D eigenvalue weighted by molar-refractivity contribution is 6.27. The number of hydrogen-bond acceptors (Lipinski definition) is 4. The number of nitrogens with zero attached hydrogens (tertiary/aromatic N) is 1. The molecule has 0 spiro atoms. The number of piperidine rings is 1. The SMILES string of the molecule is NCc1ccc(Cc2ccc3c4c(cccc24)C(=O)N3[C@H]2CCC(=O)NC2=O)cc1. The van der Waals surface area contributed by atoms with Crippen LogP contribution in [0.3, 0.4) is 0 Å². The lowest BCUT2D eigenvalue weighted by atomic mass is 9.95. The van der Waals surface area contributed by atoms with Crippen LogP contribution >= 0.6 is 0 Å². The molecule has 30 heavy (non-hydrogen) atoms. The van der Waals surface area contributed by atoms with Crippen molar-refractivity contribution >= 4 is 34.2 Å². The predicted molar refractivity (Wildman–Crippen MR) is 114 cm³/mol. The van der Waals surface area contributed by atoms with Crippen molar-refractivity contribution in [2.24, 2.45) is 5.73 Å². The molecule has 3 N–H and O–H groups in total. The van der Waals surface area contributed by atoms with Gasteiger partial charge in [0.1, 0.15) is 6.04 Å². The Labute approximate surface area is 173 Å². The van der Waals surface area contributed by atoms with Crippen molar-refractivity contribution in [3.05, 3.63) is 76.9 Å². The smallest absolute Gasteiger partial charge is 0.259 e. The van der Waals surface area contributed by atoms with Gasteiger partial charge < -0.3 is 5.73 Å². The Hall–Kier alpha value is -3.51. The molecular weight excluding hydrogens is 378 g/mol. The van der Waals surface area contributed by atoms with Crippen molar-refractivity contribution in [2.75, 3.05) is 4.90 Å². The lowest BCUT2D eigenvalue weighted by Crippen LogP contribution is -2.53. The molecular formula is C24H21N3O3. The molecule has 6 heteroatoms. The minimum atomic E-state index is -0.666. The second-order valence-electron chi connectivity index (χ2n) is 7.81. The van der Waals surface area contributed by atoms with E-state index in [4.69, 9.17) is 5.73 Å². The van der Waals surface area contributed by atoms with Crippen molar-refractivity contribution in [1.29, 1.82) is 0 Å². The summed E-state index contributed by atoms with van der Waals surface area (Å²) >= 11 is 0. The normalized spacial score (nSPS) is 18.2. The molecule has 0 saturated carbocycles. The Bertz CT molecular complexity index is 1200. The lowest BCUT2D eigenvalue weighted by Gasteiger charge is -2.30. The van der Waals surface area contributed by atoms with Gasteiger partial charge in [0.15, 0.2) is 0 Å². The maximum absolute atomic E-state index is 13.2. The predicted octanol–water partition coefficient (Wildman–Crippen LogP) is 2.65. The zero-order valence-corrected chi connectivity index (χ0v) is 16.4. The summed E-state index contributed by atoms with van der Waals surface area (Å²) in [6, 6.07) is 17.2. The zero-order chi connectivity index (χ0) is 20.8. The topological polar surface area (TPSA) is 92.5 Å². The van der Waals surface area contributed by atoms with Crippen LogP contribution < -0.4 is 16.0 Å². The molecule has 3 aromatic carbocycles. The second-order valence-corrected chi connectivity index (χ2v) is 7.81. The van der Waals surface area contributed by atoms with Crippen LogP contribution in [0.25, 0.3) is 10.8 Å². The molecule has 2 heterocycles. The minimum absolute atomic E-state index is 0.186. The highest BCUT2D eigenvalue weighted by Crippen LogP contribution is 2.41. The molecule has 0 radical (unpaired) electrons. The van der Waals surface area contributed by atoms with Gasteiger partial charge in [-0.2, -0.15) is 0 Å². The molecule has 3 amide bonds. The van der Waals surface area contributed by atoms with Gasteiger partial charge in [-0.05, 0) is 47.1 Å². The number of anilines is 1. The van der Waals surface area contributed by atoms with Crippen LogP contribution in [0.5, 0.6) is 0 Å². The van der Waals surface area contributed by atoms with Crippen LogP contribution in [0.15, 0.2) is 54.6 Å². The molecule has 6 nitrogen and oxygen atoms in total. The van der Waals surface area contributed by atoms with Gasteiger partial charge in [-0.1, -0.05) is 42.5 Å². The summed E-state index contributed by atoms with van der Waals surface area (Å²) in [7, 11) is 0. The van der Waals surface area contributed by atoms with E-state index < -0.39 is 11.9 Å². The summed E-state index contributed by atoms with van der Waals surface area (Å²) in [5.74, 6) is -0.888. The molecule has 0 aromatic heterocycles. The summed E-state index contributed by atoms with van der Waals surface area (Å²) in [6.45, 7) is 0.513. The fraction of sp³-hybridized carbons (Fsp3) is 0.208. The van der Waals surface area contributed by atoms with Crippen molar-refractivity contribution in [1.82, 2.24) is 5.32 Å². The van der Waals surface area contributed by atoms with Crippen molar-refractivity contribution < 1.29 is 14.4 Å². The third kappa shape index (κ3) is 2.88. The molecule has 2 aliphatic rings. The Morgan fingerprint density at radius 2 is 1.73 bits per heavy atom. The van der Waals surface area contributed by atoms with E-state index in [0.29, 0.717) is 18.5 Å². The van der Waals surface area contributed by atoms with Crippen molar-refractivity contribution in [2.45, 2.75) is 31.8 Å². The first-order chi connectivity index (χ1) is 14.6. The monoisotopic (exact) mass is 399 g/mol. The summed E-state index contributed by atoms with van der Waals surface area (Å²) in [5, 5.41) is 4.25. The van der Waals surface area contributed by atoms with Gasteiger partial charge in [-0.25, -0.2) is 0 Å². The van der Waals surface area contributed by atoms with Gasteiger partial charge in [0, 0.05) is 23.9 Å². The van der Waals surface area contributed by atoms with Crippen molar-refractivity contribution in [3.8, 4) is 0 Å². The first kappa shape index (κ1) is 18.5. The number of carbonyl (C=O) groups is 3. The Balaban J connectivity index is 1.56. The maximum atomic E-state index is 13.2. The van der Waals surface area contributed by atoms with Gasteiger partial charge in [0.25, 0.3) is 5.91 Å². The standard InChI is InChI=1S/C24H21N3O3/c25-13-15-6-4-14(5-7-15)12-16-8-9-19-22-17(16)2-1-3-18(22)24(30)27(19)20-10-11-21(28)26-23(20)29/h1-9,20H,10-13,25H2,(H,26,28,29)/t20-/m0/s1. The van der Waals surface area contributed by atoms with E-state index in [0.717, 1.165) is 34.0 Å². The number of benzene rings is 3. The van der Waals surface area contributed by atoms with Crippen LogP contribution in [0.4, 0.5) is 5.69 Å². The maximum Gasteiger partial charge on any atom is 0.259 e. The number of imide groups is 1. The number of hydrogen-bond donors (Lipinski definition) is 2. The summed E-state index contributed by atoms with van der Waals surface area (Å²) in [4.78, 5) is 38.7. The highest BCUT2D eigenvalue weighted by Gasteiger charge is 2.40. The zero-order valence-electron chi connectivity index (χ0n) is 16.4. The molecule has 0 aliphatic carbocycles. The van der Waals surface area contributed by atoms with Gasteiger partial charge in [-0.3, -0.25) is 24.6 Å². The number of carbonyl (C=O) groups excluding carboxylic acids is 3. The third-order valence-corrected chi connectivity index (χ3v) is 5.99. The Morgan fingerprint density at radius 1 is 0.967 bits per heavy atom. The van der Waals surface area contributed by atoms with Crippen LogP contribution in [-0.2, 0) is 22.6 Å². The first-order valence-corrected chi connectivity index (χ1v) is 10.1. The molecule has 5 rings (SSSR count). The van der Waals surface area contributed by atoms with Crippen LogP contribution in [0.1, 0.15) is 39.9 Å². The first-order valence-electron chi connectivity index (χ1n) is 10.1. The number of amides is 3. The molecule has 0 bridgehead atoms. The molecule has 150 valence electrons. The van der Waals surface area contributed by atoms with E-state index in [-0.39, 0.29) is 18.2 Å². The number of rotatable bonds is 4. The van der Waals surface area contributed by atoms with E-state index in [1.165, 1.54) is 5.56 Å². The van der Waals surface area contributed by atoms with Gasteiger partial charge in [-0.15, -0.1) is 0 Å². The summed E-state index contributed by atoms with van der Waals surface area (Å²) in [6.07, 6.45) is 1.30. The lowest BCUT2D eigenvalue weighted by molar-refractivity contribution is -0.134. The van der Waals surface area contributed by atoms with Crippen LogP contribution in [0, 0.1) is 0 Å². The largest absolute Gasteiger partial charge is 0.326 e. The van der Waals surface area contributed by atoms with Crippen molar-refractivity contribution in [3.63, 3.8) is 0 Å². The van der Waals surface area contributed by atoms with Gasteiger partial charge >= 0.3 is 0 Å².